The zero-order chi connectivity index (χ0) is 23.5. The van der Waals surface area contributed by atoms with Gasteiger partial charge in [-0.2, -0.15) is 5.26 Å². The maximum absolute atomic E-state index is 9.30. The molecule has 0 radical (unpaired) electrons. The molecule has 2 heterocycles. The van der Waals surface area contributed by atoms with E-state index < -0.39 is 0 Å². The Kier molecular flexibility index (Phi) is 4.23. The number of hydrogen-bond acceptors (Lipinski definition) is 3. The number of nitrogens with zero attached hydrogens (tertiary/aromatic N) is 2. The summed E-state index contributed by atoms with van der Waals surface area (Å²) in [6, 6.07) is 38.0. The van der Waals surface area contributed by atoms with Crippen molar-refractivity contribution >= 4 is 59.0 Å². The van der Waals surface area contributed by atoms with Crippen LogP contribution in [0.1, 0.15) is 5.56 Å². The highest BCUT2D eigenvalue weighted by atomic mass is 32.1. The molecule has 0 spiro atoms. The van der Waals surface area contributed by atoms with E-state index in [1.54, 1.807) is 11.3 Å². The van der Waals surface area contributed by atoms with Crippen LogP contribution in [0.5, 0.6) is 0 Å². The van der Waals surface area contributed by atoms with E-state index in [4.69, 9.17) is 5.73 Å². The number of rotatable bonds is 2. The lowest BCUT2D eigenvalue weighted by Gasteiger charge is -2.15. The van der Waals surface area contributed by atoms with Gasteiger partial charge in [-0.15, -0.1) is 11.3 Å². The fraction of sp³-hybridized carbons (Fsp3) is 0. The fourth-order valence-corrected chi connectivity index (χ4v) is 6.41. The van der Waals surface area contributed by atoms with Crippen molar-refractivity contribution in [1.29, 1.82) is 5.26 Å². The summed E-state index contributed by atoms with van der Waals surface area (Å²) in [6.07, 6.45) is 0. The maximum Gasteiger partial charge on any atom is 0.0992 e. The molecule has 3 nitrogen and oxygen atoms in total. The number of hydrogen-bond donors (Lipinski definition) is 1. The first-order chi connectivity index (χ1) is 17.2. The minimum Gasteiger partial charge on any atom is -0.397 e. The number of thiophene rings is 1. The normalized spacial score (nSPS) is 11.5. The molecule has 0 saturated heterocycles. The van der Waals surface area contributed by atoms with Crippen LogP contribution in [-0.4, -0.2) is 4.57 Å². The largest absolute Gasteiger partial charge is 0.397 e. The van der Waals surface area contributed by atoms with Gasteiger partial charge in [0.2, 0.25) is 0 Å². The van der Waals surface area contributed by atoms with E-state index in [0.717, 1.165) is 43.6 Å². The molecule has 0 amide bonds. The van der Waals surface area contributed by atoms with Gasteiger partial charge in [-0.3, -0.25) is 0 Å². The van der Waals surface area contributed by atoms with Gasteiger partial charge in [0.1, 0.15) is 0 Å². The standard InChI is InChI=1S/C31H19N3S/c32-18-19-12-14-23-24-15-13-20(17-30(24)35-29(23)16-19)21-6-1-3-10-27(21)34-28-11-4-2-7-22(28)25-8-5-9-26(33)31(25)34/h1-17H,33H2. The zero-order valence-electron chi connectivity index (χ0n) is 18.7. The fourth-order valence-electron chi connectivity index (χ4n) is 5.22. The van der Waals surface area contributed by atoms with Gasteiger partial charge in [0.15, 0.2) is 0 Å². The van der Waals surface area contributed by atoms with Crippen molar-refractivity contribution in [3.8, 4) is 22.9 Å². The lowest BCUT2D eigenvalue weighted by molar-refractivity contribution is 1.18. The quantitative estimate of drug-likeness (QED) is 0.261. The van der Waals surface area contributed by atoms with E-state index in [2.05, 4.69) is 89.5 Å². The highest BCUT2D eigenvalue weighted by Crippen LogP contribution is 2.40. The molecule has 0 aliphatic carbocycles. The molecular formula is C31H19N3S. The van der Waals surface area contributed by atoms with Gasteiger partial charge in [-0.05, 0) is 42.0 Å². The molecule has 7 aromatic rings. The van der Waals surface area contributed by atoms with Gasteiger partial charge < -0.3 is 10.3 Å². The van der Waals surface area contributed by atoms with Crippen molar-refractivity contribution in [1.82, 2.24) is 4.57 Å². The minimum absolute atomic E-state index is 0.693. The van der Waals surface area contributed by atoms with Gasteiger partial charge in [0.05, 0.1) is 34.0 Å². The first kappa shape index (κ1) is 19.8. The lowest BCUT2D eigenvalue weighted by Crippen LogP contribution is -1.99. The second-order valence-corrected chi connectivity index (χ2v) is 9.83. The molecule has 164 valence electrons. The van der Waals surface area contributed by atoms with E-state index >= 15 is 0 Å². The number of benzene rings is 5. The van der Waals surface area contributed by atoms with Crippen LogP contribution in [0.3, 0.4) is 0 Å². The van der Waals surface area contributed by atoms with Gasteiger partial charge in [0.25, 0.3) is 0 Å². The Morgan fingerprint density at radius 1 is 0.686 bits per heavy atom. The molecule has 0 aliphatic rings. The van der Waals surface area contributed by atoms with Crippen LogP contribution < -0.4 is 5.73 Å². The molecule has 0 bridgehead atoms. The van der Waals surface area contributed by atoms with Gasteiger partial charge in [-0.1, -0.05) is 66.7 Å². The lowest BCUT2D eigenvalue weighted by atomic mass is 10.0. The topological polar surface area (TPSA) is 54.7 Å². The van der Waals surface area contributed by atoms with Crippen LogP contribution in [0.25, 0.3) is 58.8 Å². The number of fused-ring (bicyclic) bond motifs is 6. The van der Waals surface area contributed by atoms with Crippen LogP contribution in [0.2, 0.25) is 0 Å². The Labute approximate surface area is 205 Å². The Morgan fingerprint density at radius 2 is 1.43 bits per heavy atom. The van der Waals surface area contributed by atoms with Crippen LogP contribution in [-0.2, 0) is 0 Å². The summed E-state index contributed by atoms with van der Waals surface area (Å²) in [5.41, 5.74) is 13.6. The third kappa shape index (κ3) is 2.89. The highest BCUT2D eigenvalue weighted by molar-refractivity contribution is 7.25. The molecule has 2 aromatic heterocycles. The zero-order valence-corrected chi connectivity index (χ0v) is 19.5. The van der Waals surface area contributed by atoms with Gasteiger partial charge in [-0.25, -0.2) is 0 Å². The summed E-state index contributed by atoms with van der Waals surface area (Å²) in [4.78, 5) is 0. The molecule has 0 atom stereocenters. The van der Waals surface area contributed by atoms with Crippen LogP contribution in [0.4, 0.5) is 5.69 Å². The van der Waals surface area contributed by atoms with E-state index in [1.165, 1.54) is 20.9 Å². The molecule has 4 heteroatoms. The second kappa shape index (κ2) is 7.46. The van der Waals surface area contributed by atoms with Gasteiger partial charge in [0, 0.05) is 36.5 Å². The van der Waals surface area contributed by atoms with Crippen LogP contribution in [0.15, 0.2) is 103 Å². The smallest absolute Gasteiger partial charge is 0.0992 e. The van der Waals surface area contributed by atoms with Crippen molar-refractivity contribution in [3.05, 3.63) is 109 Å². The predicted octanol–water partition coefficient (Wildman–Crippen LogP) is 8.27. The number of aromatic nitrogens is 1. The third-order valence-electron chi connectivity index (χ3n) is 6.78. The van der Waals surface area contributed by atoms with E-state index in [1.807, 2.05) is 24.3 Å². The predicted molar refractivity (Wildman–Crippen MR) is 148 cm³/mol. The van der Waals surface area contributed by atoms with Crippen LogP contribution >= 0.6 is 11.3 Å². The monoisotopic (exact) mass is 465 g/mol. The van der Waals surface area contributed by atoms with Crippen molar-refractivity contribution in [3.63, 3.8) is 0 Å². The molecule has 0 saturated carbocycles. The van der Waals surface area contributed by atoms with Crippen molar-refractivity contribution in [2.24, 2.45) is 0 Å². The highest BCUT2D eigenvalue weighted by Gasteiger charge is 2.17. The number of anilines is 1. The van der Waals surface area contributed by atoms with Gasteiger partial charge >= 0.3 is 0 Å². The molecule has 7 rings (SSSR count). The molecule has 0 unspecified atom stereocenters. The number of para-hydroxylation sites is 3. The Morgan fingerprint density at radius 3 is 2.31 bits per heavy atom. The first-order valence-corrected chi connectivity index (χ1v) is 12.3. The Hall–Kier alpha value is -4.59. The second-order valence-electron chi connectivity index (χ2n) is 8.75. The van der Waals surface area contributed by atoms with E-state index in [0.29, 0.717) is 5.56 Å². The Balaban J connectivity index is 1.51. The summed E-state index contributed by atoms with van der Waals surface area (Å²) in [5, 5.41) is 14.1. The molecular weight excluding hydrogens is 446 g/mol. The SMILES string of the molecule is N#Cc1ccc2c(c1)sc1cc(-c3ccccc3-n3c4ccccc4c4cccc(N)c43)ccc12. The molecule has 5 aromatic carbocycles. The number of nitrogen functional groups attached to an aromatic ring is 1. The van der Waals surface area contributed by atoms with Crippen molar-refractivity contribution < 1.29 is 0 Å². The molecule has 2 N–H and O–H groups in total. The summed E-state index contributed by atoms with van der Waals surface area (Å²) in [5.74, 6) is 0. The summed E-state index contributed by atoms with van der Waals surface area (Å²) in [7, 11) is 0. The third-order valence-corrected chi connectivity index (χ3v) is 7.90. The minimum atomic E-state index is 0.693. The Bertz CT molecular complexity index is 1980. The van der Waals surface area contributed by atoms with Crippen molar-refractivity contribution in [2.75, 3.05) is 5.73 Å². The summed E-state index contributed by atoms with van der Waals surface area (Å²) >= 11 is 1.73. The summed E-state index contributed by atoms with van der Waals surface area (Å²) in [6.45, 7) is 0. The average Bonchev–Trinajstić information content (AvgIpc) is 3.44. The van der Waals surface area contributed by atoms with Crippen LogP contribution in [0, 0.1) is 11.3 Å². The van der Waals surface area contributed by atoms with Crippen molar-refractivity contribution in [2.45, 2.75) is 0 Å². The maximum atomic E-state index is 9.30. The number of nitriles is 1. The molecule has 0 aliphatic heterocycles. The summed E-state index contributed by atoms with van der Waals surface area (Å²) < 4.78 is 4.65. The average molecular weight is 466 g/mol. The molecule has 35 heavy (non-hydrogen) atoms. The first-order valence-electron chi connectivity index (χ1n) is 11.5. The molecule has 0 fully saturated rings. The number of nitrogens with two attached hydrogens (primary N) is 1. The van der Waals surface area contributed by atoms with E-state index in [9.17, 15) is 5.26 Å². The van der Waals surface area contributed by atoms with E-state index in [-0.39, 0.29) is 0 Å².